The zero-order valence-corrected chi connectivity index (χ0v) is 14.4. The molecule has 3 rings (SSSR count). The summed E-state index contributed by atoms with van der Waals surface area (Å²) in [6.45, 7) is 1.59. The van der Waals surface area contributed by atoms with E-state index in [1.54, 1.807) is 23.6 Å². The van der Waals surface area contributed by atoms with Crippen molar-refractivity contribution in [2.75, 3.05) is 14.2 Å². The maximum absolute atomic E-state index is 12.1. The number of nitrogens with zero attached hydrogens (tertiary/aromatic N) is 5. The minimum atomic E-state index is -0.478. The molecule has 1 aliphatic rings. The van der Waals surface area contributed by atoms with Crippen LogP contribution < -0.4 is 4.74 Å². The largest absolute Gasteiger partial charge is 0.494 e. The number of ether oxygens (including phenoxy) is 1. The molecule has 2 aromatic rings. The fraction of sp³-hybridized carbons (Fsp3) is 0.529. The number of tetrazole rings is 1. The molecule has 24 heavy (non-hydrogen) atoms. The topological polar surface area (TPSA) is 73.1 Å². The summed E-state index contributed by atoms with van der Waals surface area (Å²) in [5.41, 5.74) is 0.302. The SMILES string of the molecule is COc1ccccc1-n1nnnc1C1(N(C)C(C)=O)CCCCC1. The third kappa shape index (κ3) is 2.64. The molecule has 128 valence electrons. The van der Waals surface area contributed by atoms with Crippen LogP contribution in [0.15, 0.2) is 24.3 Å². The van der Waals surface area contributed by atoms with Crippen LogP contribution in [0.4, 0.5) is 0 Å². The van der Waals surface area contributed by atoms with E-state index >= 15 is 0 Å². The minimum Gasteiger partial charge on any atom is -0.494 e. The van der Waals surface area contributed by atoms with Crippen molar-refractivity contribution in [1.82, 2.24) is 25.1 Å². The molecule has 1 heterocycles. The predicted molar refractivity (Wildman–Crippen MR) is 88.9 cm³/mol. The second kappa shape index (κ2) is 6.59. The average Bonchev–Trinajstić information content (AvgIpc) is 3.11. The normalized spacial score (nSPS) is 16.6. The lowest BCUT2D eigenvalue weighted by Gasteiger charge is -2.43. The summed E-state index contributed by atoms with van der Waals surface area (Å²) in [7, 11) is 3.47. The number of methoxy groups -OCH3 is 1. The van der Waals surface area contributed by atoms with Crippen molar-refractivity contribution >= 4 is 5.91 Å². The maximum Gasteiger partial charge on any atom is 0.220 e. The number of aromatic nitrogens is 4. The minimum absolute atomic E-state index is 0.0199. The second-order valence-electron chi connectivity index (χ2n) is 6.26. The Morgan fingerprint density at radius 3 is 2.62 bits per heavy atom. The van der Waals surface area contributed by atoms with Crippen molar-refractivity contribution in [3.05, 3.63) is 30.1 Å². The number of hydrogen-bond donors (Lipinski definition) is 0. The van der Waals surface area contributed by atoms with Crippen molar-refractivity contribution in [2.24, 2.45) is 0 Å². The van der Waals surface area contributed by atoms with Crippen LogP contribution in [-0.2, 0) is 10.3 Å². The molecule has 1 amide bonds. The third-order valence-electron chi connectivity index (χ3n) is 4.99. The molecule has 0 atom stereocenters. The molecule has 0 aliphatic heterocycles. The van der Waals surface area contributed by atoms with E-state index in [9.17, 15) is 4.79 Å². The molecular weight excluding hydrogens is 306 g/mol. The van der Waals surface area contributed by atoms with Crippen LogP contribution in [0, 0.1) is 0 Å². The molecule has 0 spiro atoms. The number of carbonyl (C=O) groups excluding carboxylic acids is 1. The van der Waals surface area contributed by atoms with Gasteiger partial charge in [0.05, 0.1) is 7.11 Å². The van der Waals surface area contributed by atoms with Gasteiger partial charge in [-0.2, -0.15) is 4.68 Å². The van der Waals surface area contributed by atoms with Crippen LogP contribution in [0.1, 0.15) is 44.9 Å². The summed E-state index contributed by atoms with van der Waals surface area (Å²) < 4.78 is 7.17. The van der Waals surface area contributed by atoms with Crippen molar-refractivity contribution in [3.63, 3.8) is 0 Å². The number of amides is 1. The van der Waals surface area contributed by atoms with Gasteiger partial charge < -0.3 is 9.64 Å². The van der Waals surface area contributed by atoms with Gasteiger partial charge in [-0.15, -0.1) is 5.10 Å². The van der Waals surface area contributed by atoms with Crippen molar-refractivity contribution in [3.8, 4) is 11.4 Å². The average molecular weight is 329 g/mol. The lowest BCUT2D eigenvalue weighted by atomic mass is 9.79. The highest BCUT2D eigenvalue weighted by molar-refractivity contribution is 5.74. The van der Waals surface area contributed by atoms with Gasteiger partial charge in [-0.3, -0.25) is 4.79 Å². The quantitative estimate of drug-likeness (QED) is 0.860. The van der Waals surface area contributed by atoms with E-state index < -0.39 is 5.54 Å². The molecule has 7 nitrogen and oxygen atoms in total. The first kappa shape index (κ1) is 16.4. The van der Waals surface area contributed by atoms with E-state index in [0.717, 1.165) is 31.4 Å². The van der Waals surface area contributed by atoms with E-state index in [-0.39, 0.29) is 5.91 Å². The molecule has 1 aliphatic carbocycles. The zero-order valence-electron chi connectivity index (χ0n) is 14.4. The smallest absolute Gasteiger partial charge is 0.220 e. The van der Waals surface area contributed by atoms with Gasteiger partial charge in [0.2, 0.25) is 5.91 Å². The number of hydrogen-bond acceptors (Lipinski definition) is 5. The molecule has 1 aromatic heterocycles. The molecule has 0 saturated heterocycles. The van der Waals surface area contributed by atoms with Gasteiger partial charge in [-0.1, -0.05) is 31.4 Å². The zero-order chi connectivity index (χ0) is 17.2. The Kier molecular flexibility index (Phi) is 4.51. The van der Waals surface area contributed by atoms with Crippen LogP contribution in [-0.4, -0.2) is 45.2 Å². The van der Waals surface area contributed by atoms with E-state index in [0.29, 0.717) is 11.6 Å². The molecule has 1 fully saturated rings. The van der Waals surface area contributed by atoms with Gasteiger partial charge in [0, 0.05) is 14.0 Å². The first-order valence-corrected chi connectivity index (χ1v) is 8.27. The monoisotopic (exact) mass is 329 g/mol. The fourth-order valence-electron chi connectivity index (χ4n) is 3.59. The molecule has 1 aromatic carbocycles. The Morgan fingerprint density at radius 2 is 1.96 bits per heavy atom. The summed E-state index contributed by atoms with van der Waals surface area (Å²) in [5, 5.41) is 12.4. The molecule has 0 unspecified atom stereocenters. The molecule has 7 heteroatoms. The lowest BCUT2D eigenvalue weighted by molar-refractivity contribution is -0.135. The standard InChI is InChI=1S/C17H23N5O2/c1-13(23)21(2)17(11-7-4-8-12-17)16-18-19-20-22(16)14-9-5-6-10-15(14)24-3/h5-6,9-10H,4,7-8,11-12H2,1-3H3. The van der Waals surface area contributed by atoms with Crippen molar-refractivity contribution < 1.29 is 9.53 Å². The highest BCUT2D eigenvalue weighted by atomic mass is 16.5. The van der Waals surface area contributed by atoms with E-state index in [2.05, 4.69) is 15.5 Å². The first-order valence-electron chi connectivity index (χ1n) is 8.27. The summed E-state index contributed by atoms with van der Waals surface area (Å²) in [6.07, 6.45) is 4.99. The van der Waals surface area contributed by atoms with E-state index in [1.807, 2.05) is 31.3 Å². The Labute approximate surface area is 141 Å². The van der Waals surface area contributed by atoms with Crippen LogP contribution in [0.3, 0.4) is 0 Å². The Hall–Kier alpha value is -2.44. The number of para-hydroxylation sites is 2. The van der Waals surface area contributed by atoms with E-state index in [1.165, 1.54) is 6.42 Å². The van der Waals surface area contributed by atoms with Crippen molar-refractivity contribution in [2.45, 2.75) is 44.6 Å². The van der Waals surface area contributed by atoms with Crippen LogP contribution >= 0.6 is 0 Å². The highest BCUT2D eigenvalue weighted by Crippen LogP contribution is 2.41. The van der Waals surface area contributed by atoms with Gasteiger partial charge in [-0.05, 0) is 35.4 Å². The summed E-state index contributed by atoms with van der Waals surface area (Å²) in [6, 6.07) is 7.63. The molecule has 0 bridgehead atoms. The van der Waals surface area contributed by atoms with E-state index in [4.69, 9.17) is 4.74 Å². The van der Waals surface area contributed by atoms with Gasteiger partial charge in [0.15, 0.2) is 5.82 Å². The van der Waals surface area contributed by atoms with Gasteiger partial charge in [0.1, 0.15) is 17.0 Å². The Balaban J connectivity index is 2.14. The van der Waals surface area contributed by atoms with Gasteiger partial charge >= 0.3 is 0 Å². The molecular formula is C17H23N5O2. The second-order valence-corrected chi connectivity index (χ2v) is 6.26. The van der Waals surface area contributed by atoms with Gasteiger partial charge in [-0.25, -0.2) is 0 Å². The predicted octanol–water partition coefficient (Wildman–Crippen LogP) is 2.31. The molecule has 0 radical (unpaired) electrons. The van der Waals surface area contributed by atoms with Crippen molar-refractivity contribution in [1.29, 1.82) is 0 Å². The highest BCUT2D eigenvalue weighted by Gasteiger charge is 2.44. The number of carbonyl (C=O) groups is 1. The lowest BCUT2D eigenvalue weighted by Crippen LogP contribution is -2.49. The number of benzene rings is 1. The molecule has 0 N–H and O–H groups in total. The Bertz CT molecular complexity index is 721. The van der Waals surface area contributed by atoms with Crippen LogP contribution in [0.25, 0.3) is 5.69 Å². The van der Waals surface area contributed by atoms with Gasteiger partial charge in [0.25, 0.3) is 0 Å². The third-order valence-corrected chi connectivity index (χ3v) is 4.99. The van der Waals surface area contributed by atoms with Crippen LogP contribution in [0.5, 0.6) is 5.75 Å². The number of rotatable bonds is 4. The molecule has 1 saturated carbocycles. The summed E-state index contributed by atoms with van der Waals surface area (Å²) in [4.78, 5) is 13.9. The maximum atomic E-state index is 12.1. The first-order chi connectivity index (χ1) is 11.6. The summed E-state index contributed by atoms with van der Waals surface area (Å²) >= 11 is 0. The fourth-order valence-corrected chi connectivity index (χ4v) is 3.59. The Morgan fingerprint density at radius 1 is 1.25 bits per heavy atom. The summed E-state index contributed by atoms with van der Waals surface area (Å²) in [5.74, 6) is 1.42. The van der Waals surface area contributed by atoms with Crippen LogP contribution in [0.2, 0.25) is 0 Å².